The fourth-order valence-electron chi connectivity index (χ4n) is 3.42. The van der Waals surface area contributed by atoms with Crippen molar-refractivity contribution in [3.63, 3.8) is 0 Å². The zero-order chi connectivity index (χ0) is 25.3. The molecule has 180 valence electrons. The predicted octanol–water partition coefficient (Wildman–Crippen LogP) is 2.44. The predicted molar refractivity (Wildman–Crippen MR) is 129 cm³/mol. The molecule has 0 bridgehead atoms. The third-order valence-electron chi connectivity index (χ3n) is 4.97. The van der Waals surface area contributed by atoms with Crippen LogP contribution >= 0.6 is 0 Å². The SMILES string of the molecule is COC1=NC(c2nc3ncc(NS(=O)(=O)c4ccccn4)nc3n2-c2c(O)cccc2OC)=C=C=C1. The fraction of sp³-hybridized carbons (Fsp3) is 0.0870. The van der Waals surface area contributed by atoms with Gasteiger partial charge in [0.15, 0.2) is 33.7 Å². The van der Waals surface area contributed by atoms with Gasteiger partial charge in [0, 0.05) is 6.20 Å². The van der Waals surface area contributed by atoms with Gasteiger partial charge in [-0.05, 0) is 30.0 Å². The second-order valence-corrected chi connectivity index (χ2v) is 8.82. The molecule has 4 aromatic rings. The van der Waals surface area contributed by atoms with E-state index in [-0.39, 0.29) is 51.0 Å². The Kier molecular flexibility index (Phi) is 5.71. The molecule has 0 saturated heterocycles. The Labute approximate surface area is 204 Å². The van der Waals surface area contributed by atoms with Crippen molar-refractivity contribution >= 4 is 38.7 Å². The van der Waals surface area contributed by atoms with Crippen molar-refractivity contribution in [2.75, 3.05) is 18.9 Å². The van der Waals surface area contributed by atoms with Gasteiger partial charge in [-0.3, -0.25) is 9.29 Å². The molecular formula is C23H17N7O5S. The van der Waals surface area contributed by atoms with Gasteiger partial charge in [-0.1, -0.05) is 17.9 Å². The molecule has 1 aliphatic heterocycles. The fourth-order valence-corrected chi connectivity index (χ4v) is 4.35. The van der Waals surface area contributed by atoms with Gasteiger partial charge in [-0.25, -0.2) is 24.9 Å². The number of phenols is 1. The molecule has 0 unspecified atom stereocenters. The second kappa shape index (κ2) is 9.01. The number of pyridine rings is 1. The quantitative estimate of drug-likeness (QED) is 0.378. The number of nitrogens with zero attached hydrogens (tertiary/aromatic N) is 6. The number of benzene rings is 1. The second-order valence-electron chi connectivity index (χ2n) is 7.19. The van der Waals surface area contributed by atoms with Gasteiger partial charge in [-0.2, -0.15) is 8.42 Å². The highest BCUT2D eigenvalue weighted by atomic mass is 32.2. The summed E-state index contributed by atoms with van der Waals surface area (Å²) in [5.74, 6) is 0.497. The lowest BCUT2D eigenvalue weighted by Gasteiger charge is -2.14. The number of rotatable bonds is 6. The average Bonchev–Trinajstić information content (AvgIpc) is 3.27. The number of hydrogen-bond acceptors (Lipinski definition) is 10. The van der Waals surface area contributed by atoms with Crippen LogP contribution in [-0.4, -0.2) is 58.1 Å². The molecule has 0 spiro atoms. The number of imidazole rings is 1. The lowest BCUT2D eigenvalue weighted by molar-refractivity contribution is 0.405. The maximum atomic E-state index is 12.8. The Morgan fingerprint density at radius 1 is 1.06 bits per heavy atom. The molecular weight excluding hydrogens is 486 g/mol. The van der Waals surface area contributed by atoms with E-state index >= 15 is 0 Å². The highest BCUT2D eigenvalue weighted by Gasteiger charge is 2.25. The van der Waals surface area contributed by atoms with Gasteiger partial charge in [0.05, 0.1) is 26.5 Å². The third kappa shape index (κ3) is 4.05. The summed E-state index contributed by atoms with van der Waals surface area (Å²) < 4.78 is 40.0. The number of aromatic nitrogens is 5. The van der Waals surface area contributed by atoms with Crippen LogP contribution in [0.4, 0.5) is 5.82 Å². The van der Waals surface area contributed by atoms with E-state index in [1.165, 1.54) is 49.4 Å². The summed E-state index contributed by atoms with van der Waals surface area (Å²) in [4.78, 5) is 21.5. The monoisotopic (exact) mass is 503 g/mol. The van der Waals surface area contributed by atoms with Crippen LogP contribution in [0.25, 0.3) is 22.7 Å². The molecule has 0 atom stereocenters. The topological polar surface area (TPSA) is 154 Å². The largest absolute Gasteiger partial charge is 0.506 e. The van der Waals surface area contributed by atoms with E-state index < -0.39 is 10.0 Å². The minimum atomic E-state index is -4.04. The first-order valence-corrected chi connectivity index (χ1v) is 11.8. The number of aliphatic imine (C=N–C) groups is 1. The summed E-state index contributed by atoms with van der Waals surface area (Å²) in [7, 11) is -1.14. The van der Waals surface area contributed by atoms with E-state index in [4.69, 9.17) is 9.47 Å². The van der Waals surface area contributed by atoms with Crippen molar-refractivity contribution in [1.82, 2.24) is 24.5 Å². The Morgan fingerprint density at radius 2 is 1.92 bits per heavy atom. The summed E-state index contributed by atoms with van der Waals surface area (Å²) in [6, 6.07) is 9.22. The molecule has 4 heterocycles. The molecule has 2 N–H and O–H groups in total. The number of fused-ring (bicyclic) bond motifs is 1. The Bertz CT molecular complexity index is 1730. The van der Waals surface area contributed by atoms with Gasteiger partial charge in [0.1, 0.15) is 17.2 Å². The van der Waals surface area contributed by atoms with Gasteiger partial charge in [0.25, 0.3) is 10.0 Å². The van der Waals surface area contributed by atoms with Crippen LogP contribution in [0.1, 0.15) is 5.82 Å². The van der Waals surface area contributed by atoms with Gasteiger partial charge < -0.3 is 14.6 Å². The summed E-state index contributed by atoms with van der Waals surface area (Å²) in [5, 5.41) is 10.6. The van der Waals surface area contributed by atoms with E-state index in [2.05, 4.69) is 41.1 Å². The minimum Gasteiger partial charge on any atom is -0.506 e. The number of aromatic hydroxyl groups is 1. The standard InChI is InChI=1S/C23H17N7O5S/c1-34-16-9-6-8-15(31)20(16)30-22(14-7-5-10-18(26-14)35-2)28-21-23(30)27-17(13-25-21)29-36(32,33)19-11-3-4-12-24-19/h3-4,6,8-13,31H,1-2H3,(H,27,29). The molecule has 5 rings (SSSR count). The lowest BCUT2D eigenvalue weighted by atomic mass is 10.2. The smallest absolute Gasteiger partial charge is 0.280 e. The number of ether oxygens (including phenoxy) is 2. The first-order chi connectivity index (χ1) is 17.4. The molecule has 3 aromatic heterocycles. The van der Waals surface area contributed by atoms with E-state index in [1.807, 2.05) is 0 Å². The van der Waals surface area contributed by atoms with Crippen molar-refractivity contribution < 1.29 is 23.0 Å². The molecule has 0 amide bonds. The van der Waals surface area contributed by atoms with Crippen molar-refractivity contribution in [2.24, 2.45) is 4.99 Å². The van der Waals surface area contributed by atoms with Crippen molar-refractivity contribution in [3.8, 4) is 17.2 Å². The zero-order valence-electron chi connectivity index (χ0n) is 18.9. The minimum absolute atomic E-state index is 0.0932. The van der Waals surface area contributed by atoms with E-state index in [0.29, 0.717) is 5.75 Å². The van der Waals surface area contributed by atoms with Crippen LogP contribution in [0.3, 0.4) is 0 Å². The number of methoxy groups -OCH3 is 2. The molecule has 36 heavy (non-hydrogen) atoms. The first kappa shape index (κ1) is 22.8. The summed E-state index contributed by atoms with van der Waals surface area (Å²) in [5.41, 5.74) is 6.34. The summed E-state index contributed by atoms with van der Waals surface area (Å²) in [6.07, 6.45) is 4.09. The average molecular weight is 504 g/mol. The van der Waals surface area contributed by atoms with Crippen molar-refractivity contribution in [2.45, 2.75) is 5.03 Å². The number of para-hydroxylation sites is 1. The molecule has 0 saturated carbocycles. The Hall–Kier alpha value is -4.96. The number of phenolic OH excluding ortho intramolecular Hbond substituents is 1. The lowest BCUT2D eigenvalue weighted by Crippen LogP contribution is -2.15. The molecule has 0 aliphatic carbocycles. The Balaban J connectivity index is 1.74. The maximum absolute atomic E-state index is 12.8. The first-order valence-electron chi connectivity index (χ1n) is 10.3. The number of nitrogens with one attached hydrogen (secondary N) is 1. The molecule has 1 aromatic carbocycles. The van der Waals surface area contributed by atoms with Crippen LogP contribution in [0.15, 0.2) is 76.3 Å². The number of hydrogen-bond donors (Lipinski definition) is 2. The van der Waals surface area contributed by atoms with Crippen LogP contribution in [0.2, 0.25) is 0 Å². The van der Waals surface area contributed by atoms with Crippen LogP contribution in [0, 0.1) is 0 Å². The molecule has 0 fully saturated rings. The van der Waals surface area contributed by atoms with E-state index in [1.54, 1.807) is 24.3 Å². The number of sulfonamides is 1. The van der Waals surface area contributed by atoms with Gasteiger partial charge >= 0.3 is 0 Å². The molecule has 1 aliphatic rings. The maximum Gasteiger partial charge on any atom is 0.280 e. The van der Waals surface area contributed by atoms with Crippen molar-refractivity contribution in [3.05, 3.63) is 72.2 Å². The number of anilines is 1. The normalized spacial score (nSPS) is 12.8. The zero-order valence-corrected chi connectivity index (χ0v) is 19.7. The van der Waals surface area contributed by atoms with Gasteiger partial charge in [-0.15, -0.1) is 0 Å². The van der Waals surface area contributed by atoms with Crippen LogP contribution < -0.4 is 9.46 Å². The van der Waals surface area contributed by atoms with E-state index in [9.17, 15) is 13.5 Å². The third-order valence-corrected chi connectivity index (χ3v) is 6.24. The highest BCUT2D eigenvalue weighted by Crippen LogP contribution is 2.36. The highest BCUT2D eigenvalue weighted by molar-refractivity contribution is 7.92. The summed E-state index contributed by atoms with van der Waals surface area (Å²) >= 11 is 0. The Morgan fingerprint density at radius 3 is 2.67 bits per heavy atom. The van der Waals surface area contributed by atoms with Crippen molar-refractivity contribution in [1.29, 1.82) is 0 Å². The van der Waals surface area contributed by atoms with Crippen LogP contribution in [0.5, 0.6) is 11.5 Å². The van der Waals surface area contributed by atoms with Crippen LogP contribution in [-0.2, 0) is 14.8 Å². The molecule has 13 heteroatoms. The van der Waals surface area contributed by atoms with Gasteiger partial charge in [0.2, 0.25) is 5.90 Å². The summed E-state index contributed by atoms with van der Waals surface area (Å²) in [6.45, 7) is 0. The molecule has 12 nitrogen and oxygen atoms in total. The molecule has 0 radical (unpaired) electrons. The van der Waals surface area contributed by atoms with E-state index in [0.717, 1.165) is 0 Å².